The van der Waals surface area contributed by atoms with E-state index in [0.717, 1.165) is 16.8 Å². The zero-order chi connectivity index (χ0) is 19.9. The second kappa shape index (κ2) is 6.86. The van der Waals surface area contributed by atoms with Crippen molar-refractivity contribution in [1.82, 2.24) is 9.80 Å². The van der Waals surface area contributed by atoms with Crippen molar-refractivity contribution < 1.29 is 14.3 Å². The maximum Gasteiger partial charge on any atom is 0.410 e. The number of carbonyl (C=O) groups excluding carboxylic acids is 2. The lowest BCUT2D eigenvalue weighted by atomic mass is 10.1. The van der Waals surface area contributed by atoms with Crippen LogP contribution < -0.4 is 5.32 Å². The van der Waals surface area contributed by atoms with E-state index in [1.807, 2.05) is 51.1 Å². The van der Waals surface area contributed by atoms with Gasteiger partial charge in [0.25, 0.3) is 0 Å². The average molecular weight is 379 g/mol. The van der Waals surface area contributed by atoms with Gasteiger partial charge >= 0.3 is 12.1 Å². The van der Waals surface area contributed by atoms with E-state index in [2.05, 4.69) is 17.4 Å². The smallest absolute Gasteiger partial charge is 0.410 e. The minimum atomic E-state index is -0.516. The van der Waals surface area contributed by atoms with Crippen LogP contribution in [-0.2, 0) is 30.9 Å². The summed E-state index contributed by atoms with van der Waals surface area (Å²) in [4.78, 5) is 28.4. The van der Waals surface area contributed by atoms with Gasteiger partial charge in [-0.25, -0.2) is 9.59 Å². The molecule has 0 atom stereocenters. The molecule has 2 aromatic rings. The third-order valence-electron chi connectivity index (χ3n) is 4.96. The maximum atomic E-state index is 12.6. The number of amides is 3. The first-order valence-electron chi connectivity index (χ1n) is 9.51. The quantitative estimate of drug-likeness (QED) is 0.794. The van der Waals surface area contributed by atoms with Crippen LogP contribution in [0.2, 0.25) is 0 Å². The molecule has 0 aliphatic carbocycles. The summed E-state index contributed by atoms with van der Waals surface area (Å²) in [5.41, 5.74) is 4.73. The molecule has 2 aliphatic rings. The summed E-state index contributed by atoms with van der Waals surface area (Å²) in [6.45, 7) is 7.84. The van der Waals surface area contributed by atoms with Crippen molar-refractivity contribution in [2.75, 3.05) is 5.32 Å². The highest BCUT2D eigenvalue weighted by Crippen LogP contribution is 2.28. The van der Waals surface area contributed by atoms with Crippen LogP contribution in [0, 0.1) is 0 Å². The first-order valence-corrected chi connectivity index (χ1v) is 9.51. The van der Waals surface area contributed by atoms with Crippen LogP contribution in [0.5, 0.6) is 0 Å². The molecular formula is C22H25N3O3. The van der Waals surface area contributed by atoms with Gasteiger partial charge in [0.05, 0.1) is 0 Å². The molecule has 2 aliphatic heterocycles. The number of rotatable bonds is 1. The fraction of sp³-hybridized carbons (Fsp3) is 0.364. The van der Waals surface area contributed by atoms with Gasteiger partial charge in [0, 0.05) is 31.9 Å². The predicted molar refractivity (Wildman–Crippen MR) is 107 cm³/mol. The Kier molecular flexibility index (Phi) is 4.49. The Hall–Kier alpha value is -3.02. The number of nitrogens with zero attached hydrogens (tertiary/aromatic N) is 2. The molecule has 3 amide bonds. The largest absolute Gasteiger partial charge is 0.444 e. The number of anilines is 1. The molecule has 0 radical (unpaired) electrons. The molecule has 1 N–H and O–H groups in total. The summed E-state index contributed by atoms with van der Waals surface area (Å²) in [5, 5.41) is 2.98. The van der Waals surface area contributed by atoms with Crippen molar-refractivity contribution in [2.45, 2.75) is 52.6 Å². The monoisotopic (exact) mass is 379 g/mol. The normalized spacial score (nSPS) is 15.2. The van der Waals surface area contributed by atoms with Crippen molar-refractivity contribution in [3.63, 3.8) is 0 Å². The molecule has 0 unspecified atom stereocenters. The molecule has 2 aromatic carbocycles. The molecular weight excluding hydrogens is 354 g/mol. The van der Waals surface area contributed by atoms with Crippen LogP contribution in [0.25, 0.3) is 0 Å². The fourth-order valence-corrected chi connectivity index (χ4v) is 3.61. The Labute approximate surface area is 165 Å². The van der Waals surface area contributed by atoms with E-state index in [1.165, 1.54) is 11.1 Å². The molecule has 0 fully saturated rings. The molecule has 6 heteroatoms. The second-order valence-electron chi connectivity index (χ2n) is 8.37. The van der Waals surface area contributed by atoms with Crippen LogP contribution in [-0.4, -0.2) is 27.5 Å². The Morgan fingerprint density at radius 1 is 0.857 bits per heavy atom. The van der Waals surface area contributed by atoms with Gasteiger partial charge in [-0.2, -0.15) is 0 Å². The van der Waals surface area contributed by atoms with Crippen LogP contribution in [0.1, 0.15) is 43.0 Å². The average Bonchev–Trinajstić information content (AvgIpc) is 3.24. The molecule has 0 bridgehead atoms. The molecule has 0 aromatic heterocycles. The number of carbonyl (C=O) groups is 2. The van der Waals surface area contributed by atoms with Gasteiger partial charge < -0.3 is 15.0 Å². The number of urea groups is 1. The number of nitrogens with one attached hydrogen (secondary N) is 1. The van der Waals surface area contributed by atoms with E-state index >= 15 is 0 Å². The summed E-state index contributed by atoms with van der Waals surface area (Å²) in [6, 6.07) is 13.8. The highest BCUT2D eigenvalue weighted by Gasteiger charge is 2.28. The minimum Gasteiger partial charge on any atom is -0.444 e. The van der Waals surface area contributed by atoms with Crippen LogP contribution in [0.4, 0.5) is 15.3 Å². The van der Waals surface area contributed by atoms with Gasteiger partial charge in [-0.05, 0) is 55.2 Å². The number of fused-ring (bicyclic) bond motifs is 2. The van der Waals surface area contributed by atoms with E-state index in [1.54, 1.807) is 9.80 Å². The van der Waals surface area contributed by atoms with Crippen molar-refractivity contribution in [3.05, 3.63) is 64.7 Å². The Morgan fingerprint density at radius 2 is 1.43 bits per heavy atom. The Bertz CT molecular complexity index is 908. The zero-order valence-corrected chi connectivity index (χ0v) is 16.5. The van der Waals surface area contributed by atoms with Crippen molar-refractivity contribution in [2.24, 2.45) is 0 Å². The van der Waals surface area contributed by atoms with Crippen molar-refractivity contribution in [1.29, 1.82) is 0 Å². The third-order valence-corrected chi connectivity index (χ3v) is 4.96. The molecule has 0 saturated carbocycles. The SMILES string of the molecule is CC(C)(C)OC(=O)N1Cc2ccc(NC(=O)N3Cc4ccccc4C3)cc2C1. The minimum absolute atomic E-state index is 0.113. The van der Waals surface area contributed by atoms with Gasteiger partial charge in [-0.3, -0.25) is 4.90 Å². The lowest BCUT2D eigenvalue weighted by molar-refractivity contribution is 0.0242. The lowest BCUT2D eigenvalue weighted by Gasteiger charge is -2.24. The molecule has 6 nitrogen and oxygen atoms in total. The topological polar surface area (TPSA) is 61.9 Å². The van der Waals surface area contributed by atoms with Gasteiger partial charge in [-0.15, -0.1) is 0 Å². The molecule has 0 spiro atoms. The fourth-order valence-electron chi connectivity index (χ4n) is 3.61. The molecule has 0 saturated heterocycles. The summed E-state index contributed by atoms with van der Waals surface area (Å²) in [6.07, 6.45) is -0.316. The van der Waals surface area contributed by atoms with E-state index in [0.29, 0.717) is 26.2 Å². The summed E-state index contributed by atoms with van der Waals surface area (Å²) in [5.74, 6) is 0. The molecule has 2 heterocycles. The molecule has 146 valence electrons. The second-order valence-corrected chi connectivity index (χ2v) is 8.37. The number of hydrogen-bond acceptors (Lipinski definition) is 3. The summed E-state index contributed by atoms with van der Waals surface area (Å²) < 4.78 is 5.46. The highest BCUT2D eigenvalue weighted by atomic mass is 16.6. The zero-order valence-electron chi connectivity index (χ0n) is 16.5. The number of benzene rings is 2. The summed E-state index contributed by atoms with van der Waals surface area (Å²) >= 11 is 0. The maximum absolute atomic E-state index is 12.6. The predicted octanol–water partition coefficient (Wildman–Crippen LogP) is 4.49. The van der Waals surface area contributed by atoms with Crippen molar-refractivity contribution >= 4 is 17.8 Å². The van der Waals surface area contributed by atoms with Gasteiger partial charge in [0.1, 0.15) is 5.60 Å². The third kappa shape index (κ3) is 3.81. The van der Waals surface area contributed by atoms with Crippen LogP contribution in [0.15, 0.2) is 42.5 Å². The number of ether oxygens (including phenoxy) is 1. The van der Waals surface area contributed by atoms with E-state index < -0.39 is 5.60 Å². The summed E-state index contributed by atoms with van der Waals surface area (Å²) in [7, 11) is 0. The standard InChI is InChI=1S/C22H25N3O3/c1-22(2,3)28-21(27)25-13-17-8-9-19(10-18(17)14-25)23-20(26)24-11-15-6-4-5-7-16(15)12-24/h4-10H,11-14H2,1-3H3,(H,23,26). The Balaban J connectivity index is 1.39. The van der Waals surface area contributed by atoms with Gasteiger partial charge in [0.15, 0.2) is 0 Å². The lowest BCUT2D eigenvalue weighted by Crippen LogP contribution is -2.33. The van der Waals surface area contributed by atoms with Crippen LogP contribution >= 0.6 is 0 Å². The van der Waals surface area contributed by atoms with Crippen LogP contribution in [0.3, 0.4) is 0 Å². The van der Waals surface area contributed by atoms with Gasteiger partial charge in [0.2, 0.25) is 0 Å². The first-order chi connectivity index (χ1) is 13.3. The molecule has 28 heavy (non-hydrogen) atoms. The highest BCUT2D eigenvalue weighted by molar-refractivity contribution is 5.90. The van der Waals surface area contributed by atoms with Gasteiger partial charge in [-0.1, -0.05) is 30.3 Å². The van der Waals surface area contributed by atoms with E-state index in [4.69, 9.17) is 4.74 Å². The molecule has 4 rings (SSSR count). The number of hydrogen-bond donors (Lipinski definition) is 1. The van der Waals surface area contributed by atoms with E-state index in [-0.39, 0.29) is 12.1 Å². The van der Waals surface area contributed by atoms with Crippen molar-refractivity contribution in [3.8, 4) is 0 Å². The van der Waals surface area contributed by atoms with E-state index in [9.17, 15) is 9.59 Å². The Morgan fingerprint density at radius 3 is 2.07 bits per heavy atom. The first kappa shape index (κ1) is 18.3.